The van der Waals surface area contributed by atoms with Crippen LogP contribution in [0.5, 0.6) is 5.75 Å². The van der Waals surface area contributed by atoms with Gasteiger partial charge in [-0.2, -0.15) is 0 Å². The van der Waals surface area contributed by atoms with Crippen molar-refractivity contribution >= 4 is 23.2 Å². The number of ether oxygens (including phenoxy) is 1. The lowest BCUT2D eigenvalue weighted by atomic mass is 10.1. The van der Waals surface area contributed by atoms with Gasteiger partial charge in [0.05, 0.1) is 17.2 Å². The van der Waals surface area contributed by atoms with E-state index in [1.807, 2.05) is 12.3 Å². The minimum atomic E-state index is -1.04. The van der Waals surface area contributed by atoms with Crippen molar-refractivity contribution in [3.63, 3.8) is 0 Å². The first-order valence-corrected chi connectivity index (χ1v) is 8.46. The summed E-state index contributed by atoms with van der Waals surface area (Å²) in [4.78, 5) is 27.3. The predicted octanol–water partition coefficient (Wildman–Crippen LogP) is 2.72. The maximum Gasteiger partial charge on any atom is 0.341 e. The van der Waals surface area contributed by atoms with Crippen LogP contribution in [-0.2, 0) is 17.8 Å². The van der Waals surface area contributed by atoms with E-state index in [9.17, 15) is 9.59 Å². The van der Waals surface area contributed by atoms with E-state index in [2.05, 4.69) is 10.3 Å². The van der Waals surface area contributed by atoms with E-state index in [4.69, 9.17) is 9.84 Å². The van der Waals surface area contributed by atoms with Crippen molar-refractivity contribution in [2.24, 2.45) is 0 Å². The largest absolute Gasteiger partial charge is 0.481 e. The zero-order valence-electron chi connectivity index (χ0n) is 13.9. The molecule has 1 aromatic carbocycles. The van der Waals surface area contributed by atoms with Gasteiger partial charge in [-0.1, -0.05) is 6.92 Å². The molecule has 0 saturated carbocycles. The van der Waals surface area contributed by atoms with E-state index >= 15 is 0 Å². The van der Waals surface area contributed by atoms with Crippen LogP contribution in [0.4, 0.5) is 0 Å². The Balaban J connectivity index is 2.05. The Labute approximate surface area is 144 Å². The number of nitrogens with zero attached hydrogens (tertiary/aromatic N) is 1. The summed E-state index contributed by atoms with van der Waals surface area (Å²) in [6.45, 7) is 5.59. The Morgan fingerprint density at radius 3 is 2.50 bits per heavy atom. The van der Waals surface area contributed by atoms with Crippen molar-refractivity contribution in [2.45, 2.75) is 33.7 Å². The number of carboxylic acid groups (broad SMARTS) is 1. The number of hydrogen-bond acceptors (Lipinski definition) is 5. The molecule has 0 fully saturated rings. The smallest absolute Gasteiger partial charge is 0.341 e. The van der Waals surface area contributed by atoms with Crippen LogP contribution in [0.3, 0.4) is 0 Å². The second-order valence-corrected chi connectivity index (χ2v) is 6.33. The molecular formula is C17H20N2O4S. The molecule has 2 rings (SSSR count). The van der Waals surface area contributed by atoms with Crippen LogP contribution in [0.2, 0.25) is 0 Å². The monoisotopic (exact) mass is 348 g/mol. The molecule has 0 bridgehead atoms. The zero-order valence-corrected chi connectivity index (χ0v) is 14.7. The lowest BCUT2D eigenvalue weighted by Gasteiger charge is -2.12. The number of benzene rings is 1. The van der Waals surface area contributed by atoms with Gasteiger partial charge in [0, 0.05) is 10.9 Å². The first-order chi connectivity index (χ1) is 11.4. The predicted molar refractivity (Wildman–Crippen MR) is 91.7 cm³/mol. The highest BCUT2D eigenvalue weighted by molar-refractivity contribution is 7.09. The van der Waals surface area contributed by atoms with E-state index in [1.54, 1.807) is 37.3 Å². The molecule has 0 radical (unpaired) electrons. The second-order valence-electron chi connectivity index (χ2n) is 5.39. The molecule has 0 aliphatic carbocycles. The summed E-state index contributed by atoms with van der Waals surface area (Å²) in [7, 11) is 0. The number of carbonyl (C=O) groups is 2. The van der Waals surface area contributed by atoms with Crippen LogP contribution in [-0.4, -0.2) is 28.6 Å². The van der Waals surface area contributed by atoms with Crippen molar-refractivity contribution in [1.29, 1.82) is 0 Å². The van der Waals surface area contributed by atoms with E-state index in [-0.39, 0.29) is 5.91 Å². The fourth-order valence-corrected chi connectivity index (χ4v) is 3.05. The van der Waals surface area contributed by atoms with E-state index in [1.165, 1.54) is 0 Å². The van der Waals surface area contributed by atoms with Crippen LogP contribution in [0.15, 0.2) is 17.5 Å². The summed E-state index contributed by atoms with van der Waals surface area (Å²) in [5.41, 5.74) is 2.81. The van der Waals surface area contributed by atoms with Crippen LogP contribution in [0.1, 0.15) is 39.1 Å². The first-order valence-electron chi connectivity index (χ1n) is 7.58. The lowest BCUT2D eigenvalue weighted by Crippen LogP contribution is -2.23. The van der Waals surface area contributed by atoms with Gasteiger partial charge in [-0.15, -0.1) is 11.3 Å². The number of carboxylic acids is 1. The maximum atomic E-state index is 12.3. The molecular weight excluding hydrogens is 328 g/mol. The summed E-state index contributed by atoms with van der Waals surface area (Å²) in [5, 5.41) is 14.5. The first kappa shape index (κ1) is 17.9. The highest BCUT2D eigenvalue weighted by Crippen LogP contribution is 2.25. The third-order valence-corrected chi connectivity index (χ3v) is 4.44. The quantitative estimate of drug-likeness (QED) is 0.803. The van der Waals surface area contributed by atoms with Gasteiger partial charge in [-0.25, -0.2) is 9.78 Å². The lowest BCUT2D eigenvalue weighted by molar-refractivity contribution is -0.139. The summed E-state index contributed by atoms with van der Waals surface area (Å²) in [5.74, 6) is -0.733. The number of nitrogens with one attached hydrogen (secondary N) is 1. The molecule has 1 aromatic heterocycles. The third kappa shape index (κ3) is 4.55. The summed E-state index contributed by atoms with van der Waals surface area (Å²) < 4.78 is 5.27. The van der Waals surface area contributed by atoms with E-state index < -0.39 is 12.6 Å². The van der Waals surface area contributed by atoms with Gasteiger partial charge < -0.3 is 15.2 Å². The molecule has 0 spiro atoms. The molecule has 24 heavy (non-hydrogen) atoms. The fraction of sp³-hybridized carbons (Fsp3) is 0.353. The minimum absolute atomic E-state index is 0.197. The molecule has 0 saturated heterocycles. The number of thiazole rings is 1. The zero-order chi connectivity index (χ0) is 17.7. The number of hydrogen-bond donors (Lipinski definition) is 2. The molecule has 1 amide bonds. The van der Waals surface area contributed by atoms with Crippen molar-refractivity contribution in [1.82, 2.24) is 10.3 Å². The SMILES string of the molecule is CCc1nc(CNC(=O)c2cc(C)c(OCC(=O)O)c(C)c2)cs1. The van der Waals surface area contributed by atoms with Gasteiger partial charge in [0.25, 0.3) is 5.91 Å². The van der Waals surface area contributed by atoms with Crippen LogP contribution >= 0.6 is 11.3 Å². The van der Waals surface area contributed by atoms with Gasteiger partial charge in [-0.05, 0) is 43.5 Å². The van der Waals surface area contributed by atoms with Crippen LogP contribution in [0.25, 0.3) is 0 Å². The van der Waals surface area contributed by atoms with Gasteiger partial charge in [0.1, 0.15) is 5.75 Å². The van der Waals surface area contributed by atoms with Crippen molar-refractivity contribution in [2.75, 3.05) is 6.61 Å². The summed E-state index contributed by atoms with van der Waals surface area (Å²) >= 11 is 1.58. The Bertz CT molecular complexity index is 732. The molecule has 128 valence electrons. The highest BCUT2D eigenvalue weighted by Gasteiger charge is 2.13. The number of aromatic nitrogens is 1. The molecule has 0 atom stereocenters. The Morgan fingerprint density at radius 2 is 1.96 bits per heavy atom. The molecule has 0 aliphatic rings. The van der Waals surface area contributed by atoms with Crippen molar-refractivity contribution < 1.29 is 19.4 Å². The summed E-state index contributed by atoms with van der Waals surface area (Å²) in [6, 6.07) is 3.38. The van der Waals surface area contributed by atoms with Gasteiger partial charge >= 0.3 is 5.97 Å². The molecule has 0 unspecified atom stereocenters. The molecule has 6 nitrogen and oxygen atoms in total. The van der Waals surface area contributed by atoms with Gasteiger partial charge in [0.15, 0.2) is 6.61 Å². The Kier molecular flexibility index (Phi) is 5.92. The van der Waals surface area contributed by atoms with E-state index in [0.717, 1.165) is 28.2 Å². The standard InChI is InChI=1S/C17H20N2O4S/c1-4-14-19-13(9-24-14)7-18-17(22)12-5-10(2)16(11(3)6-12)23-8-15(20)21/h5-6,9H,4,7-8H2,1-3H3,(H,18,22)(H,20,21). The molecule has 7 heteroatoms. The summed E-state index contributed by atoms with van der Waals surface area (Å²) in [6.07, 6.45) is 0.884. The normalized spacial score (nSPS) is 10.5. The Hall–Kier alpha value is -2.41. The Morgan fingerprint density at radius 1 is 1.29 bits per heavy atom. The number of carbonyl (C=O) groups excluding carboxylic acids is 1. The topological polar surface area (TPSA) is 88.5 Å². The molecule has 0 aliphatic heterocycles. The van der Waals surface area contributed by atoms with Crippen LogP contribution in [0, 0.1) is 13.8 Å². The molecule has 2 aromatic rings. The fourth-order valence-electron chi connectivity index (χ4n) is 2.31. The number of aliphatic carboxylic acids is 1. The minimum Gasteiger partial charge on any atom is -0.481 e. The second kappa shape index (κ2) is 7.92. The van der Waals surface area contributed by atoms with Crippen molar-refractivity contribution in [3.05, 3.63) is 44.9 Å². The number of amides is 1. The highest BCUT2D eigenvalue weighted by atomic mass is 32.1. The number of rotatable bonds is 7. The third-order valence-electron chi connectivity index (χ3n) is 3.39. The average molecular weight is 348 g/mol. The van der Waals surface area contributed by atoms with Gasteiger partial charge in [0.2, 0.25) is 0 Å². The number of aryl methyl sites for hydroxylation is 3. The molecule has 2 N–H and O–H groups in total. The van der Waals surface area contributed by atoms with Crippen molar-refractivity contribution in [3.8, 4) is 5.75 Å². The maximum absolute atomic E-state index is 12.3. The average Bonchev–Trinajstić information content (AvgIpc) is 2.99. The van der Waals surface area contributed by atoms with Gasteiger partial charge in [-0.3, -0.25) is 4.79 Å². The molecule has 1 heterocycles. The van der Waals surface area contributed by atoms with Crippen LogP contribution < -0.4 is 10.1 Å². The van der Waals surface area contributed by atoms with E-state index in [0.29, 0.717) is 17.9 Å².